The summed E-state index contributed by atoms with van der Waals surface area (Å²) in [7, 11) is -1.91. The lowest BCUT2D eigenvalue weighted by Crippen LogP contribution is -2.38. The van der Waals surface area contributed by atoms with Crippen LogP contribution in [0.4, 0.5) is 0 Å². The second-order valence-corrected chi connectivity index (χ2v) is 7.38. The zero-order valence-electron chi connectivity index (χ0n) is 12.7. The van der Waals surface area contributed by atoms with Crippen molar-refractivity contribution in [3.05, 3.63) is 23.8 Å². The molecule has 0 aliphatic carbocycles. The van der Waals surface area contributed by atoms with Crippen LogP contribution in [-0.2, 0) is 16.6 Å². The third-order valence-corrected chi connectivity index (χ3v) is 6.08. The summed E-state index contributed by atoms with van der Waals surface area (Å²) in [6.07, 6.45) is 4.01. The van der Waals surface area contributed by atoms with E-state index in [1.54, 1.807) is 29.6 Å². The average molecular weight is 312 g/mol. The van der Waals surface area contributed by atoms with E-state index in [1.807, 2.05) is 6.92 Å². The lowest BCUT2D eigenvalue weighted by atomic mass is 10.1. The monoisotopic (exact) mass is 312 g/mol. The molecule has 0 bridgehead atoms. The number of sulfonamides is 1. The molecule has 0 amide bonds. The Balaban J connectivity index is 2.38. The first-order valence-corrected chi connectivity index (χ1v) is 8.83. The van der Waals surface area contributed by atoms with Crippen LogP contribution in [0.1, 0.15) is 38.2 Å². The van der Waals surface area contributed by atoms with Crippen LogP contribution in [-0.4, -0.2) is 32.4 Å². The van der Waals surface area contributed by atoms with E-state index in [0.717, 1.165) is 25.7 Å². The summed E-state index contributed by atoms with van der Waals surface area (Å²) in [6, 6.07) is 4.95. The molecule has 1 heterocycles. The number of ether oxygens (including phenoxy) is 1. The van der Waals surface area contributed by atoms with E-state index in [9.17, 15) is 8.42 Å². The summed E-state index contributed by atoms with van der Waals surface area (Å²) in [5.41, 5.74) is 6.39. The molecular formula is C15H24N2O3S. The van der Waals surface area contributed by atoms with Crippen molar-refractivity contribution < 1.29 is 13.2 Å². The van der Waals surface area contributed by atoms with Crippen molar-refractivity contribution in [1.82, 2.24) is 4.31 Å². The van der Waals surface area contributed by atoms with Crippen LogP contribution in [0.25, 0.3) is 0 Å². The summed E-state index contributed by atoms with van der Waals surface area (Å²) in [5, 5.41) is 0. The van der Waals surface area contributed by atoms with Crippen molar-refractivity contribution in [3.63, 3.8) is 0 Å². The van der Waals surface area contributed by atoms with Gasteiger partial charge >= 0.3 is 0 Å². The standard InChI is InChI=1S/C15H24N2O3S/c1-12-6-4-3-5-9-17(12)21(18,19)14-7-8-15(20-2)13(10-14)11-16/h7-8,10,12H,3-6,9,11,16H2,1-2H3. The van der Waals surface area contributed by atoms with Gasteiger partial charge in [-0.2, -0.15) is 4.31 Å². The Morgan fingerprint density at radius 2 is 2.10 bits per heavy atom. The molecule has 21 heavy (non-hydrogen) atoms. The fourth-order valence-corrected chi connectivity index (χ4v) is 4.57. The molecule has 1 saturated heterocycles. The molecular weight excluding hydrogens is 288 g/mol. The molecule has 1 aliphatic heterocycles. The quantitative estimate of drug-likeness (QED) is 0.924. The van der Waals surface area contributed by atoms with Gasteiger partial charge in [0.25, 0.3) is 0 Å². The molecule has 1 aliphatic rings. The Hall–Kier alpha value is -1.11. The van der Waals surface area contributed by atoms with Crippen LogP contribution >= 0.6 is 0 Å². The highest BCUT2D eigenvalue weighted by Gasteiger charge is 2.30. The fraction of sp³-hybridized carbons (Fsp3) is 0.600. The predicted octanol–water partition coefficient (Wildman–Crippen LogP) is 2.11. The van der Waals surface area contributed by atoms with Gasteiger partial charge in [0, 0.05) is 24.7 Å². The van der Waals surface area contributed by atoms with Gasteiger partial charge in [-0.25, -0.2) is 8.42 Å². The highest BCUT2D eigenvalue weighted by molar-refractivity contribution is 7.89. The Kier molecular flexibility index (Phi) is 5.24. The average Bonchev–Trinajstić information content (AvgIpc) is 2.71. The number of rotatable bonds is 4. The van der Waals surface area contributed by atoms with Gasteiger partial charge < -0.3 is 10.5 Å². The highest BCUT2D eigenvalue weighted by atomic mass is 32.2. The molecule has 5 nitrogen and oxygen atoms in total. The van der Waals surface area contributed by atoms with Crippen LogP contribution < -0.4 is 10.5 Å². The van der Waals surface area contributed by atoms with E-state index >= 15 is 0 Å². The smallest absolute Gasteiger partial charge is 0.243 e. The molecule has 0 spiro atoms. The third kappa shape index (κ3) is 3.39. The van der Waals surface area contributed by atoms with Gasteiger partial charge in [-0.05, 0) is 38.0 Å². The number of hydrogen-bond donors (Lipinski definition) is 1. The number of nitrogens with zero attached hydrogens (tertiary/aromatic N) is 1. The maximum absolute atomic E-state index is 12.9. The van der Waals surface area contributed by atoms with Crippen LogP contribution in [0.15, 0.2) is 23.1 Å². The molecule has 6 heteroatoms. The molecule has 118 valence electrons. The first-order chi connectivity index (χ1) is 10.0. The summed E-state index contributed by atoms with van der Waals surface area (Å²) >= 11 is 0. The zero-order chi connectivity index (χ0) is 15.5. The largest absolute Gasteiger partial charge is 0.496 e. The molecule has 0 saturated carbocycles. The van der Waals surface area contributed by atoms with Gasteiger partial charge in [0.15, 0.2) is 0 Å². The van der Waals surface area contributed by atoms with Gasteiger partial charge in [-0.3, -0.25) is 0 Å². The third-order valence-electron chi connectivity index (χ3n) is 4.07. The normalized spacial score (nSPS) is 21.0. The number of methoxy groups -OCH3 is 1. The molecule has 1 aromatic rings. The van der Waals surface area contributed by atoms with Gasteiger partial charge in [-0.1, -0.05) is 12.8 Å². The molecule has 1 fully saturated rings. The van der Waals surface area contributed by atoms with Crippen molar-refractivity contribution in [1.29, 1.82) is 0 Å². The minimum Gasteiger partial charge on any atom is -0.496 e. The Morgan fingerprint density at radius 3 is 2.76 bits per heavy atom. The molecule has 1 atom stereocenters. The van der Waals surface area contributed by atoms with E-state index in [1.165, 1.54) is 0 Å². The van der Waals surface area contributed by atoms with Gasteiger partial charge in [0.1, 0.15) is 5.75 Å². The minimum absolute atomic E-state index is 0.0425. The second kappa shape index (κ2) is 6.77. The number of hydrogen-bond acceptors (Lipinski definition) is 4. The molecule has 2 N–H and O–H groups in total. The maximum Gasteiger partial charge on any atom is 0.243 e. The number of benzene rings is 1. The minimum atomic E-state index is -3.47. The summed E-state index contributed by atoms with van der Waals surface area (Å²) in [6.45, 7) is 2.83. The fourth-order valence-electron chi connectivity index (χ4n) is 2.82. The Bertz CT molecular complexity index is 587. The summed E-state index contributed by atoms with van der Waals surface area (Å²) in [4.78, 5) is 0.303. The van der Waals surface area contributed by atoms with Crippen molar-refractivity contribution in [2.45, 2.75) is 50.1 Å². The van der Waals surface area contributed by atoms with Crippen molar-refractivity contribution in [3.8, 4) is 5.75 Å². The van der Waals surface area contributed by atoms with Crippen molar-refractivity contribution in [2.24, 2.45) is 5.73 Å². The van der Waals surface area contributed by atoms with Gasteiger partial charge in [0.2, 0.25) is 10.0 Å². The van der Waals surface area contributed by atoms with E-state index in [0.29, 0.717) is 22.8 Å². The topological polar surface area (TPSA) is 72.6 Å². The number of nitrogens with two attached hydrogens (primary N) is 1. The SMILES string of the molecule is COc1ccc(S(=O)(=O)N2CCCCCC2C)cc1CN. The lowest BCUT2D eigenvalue weighted by molar-refractivity contribution is 0.342. The van der Waals surface area contributed by atoms with E-state index in [2.05, 4.69) is 0 Å². The van der Waals surface area contributed by atoms with Crippen LogP contribution in [0.5, 0.6) is 5.75 Å². The highest BCUT2D eigenvalue weighted by Crippen LogP contribution is 2.28. The summed E-state index contributed by atoms with van der Waals surface area (Å²) in [5.74, 6) is 0.625. The van der Waals surface area contributed by atoms with Gasteiger partial charge in [-0.15, -0.1) is 0 Å². The second-order valence-electron chi connectivity index (χ2n) is 5.49. The Morgan fingerprint density at radius 1 is 1.33 bits per heavy atom. The zero-order valence-corrected chi connectivity index (χ0v) is 13.5. The van der Waals surface area contributed by atoms with E-state index < -0.39 is 10.0 Å². The first-order valence-electron chi connectivity index (χ1n) is 7.39. The predicted molar refractivity (Wildman–Crippen MR) is 82.7 cm³/mol. The van der Waals surface area contributed by atoms with Crippen LogP contribution in [0.2, 0.25) is 0 Å². The molecule has 0 radical (unpaired) electrons. The van der Waals surface area contributed by atoms with Crippen LogP contribution in [0, 0.1) is 0 Å². The molecule has 2 rings (SSSR count). The van der Waals surface area contributed by atoms with E-state index in [4.69, 9.17) is 10.5 Å². The molecule has 1 unspecified atom stereocenters. The first kappa shape index (κ1) is 16.3. The van der Waals surface area contributed by atoms with Crippen molar-refractivity contribution in [2.75, 3.05) is 13.7 Å². The molecule has 0 aromatic heterocycles. The van der Waals surface area contributed by atoms with E-state index in [-0.39, 0.29) is 12.6 Å². The summed E-state index contributed by atoms with van der Waals surface area (Å²) < 4.78 is 32.6. The maximum atomic E-state index is 12.9. The lowest BCUT2D eigenvalue weighted by Gasteiger charge is -2.26. The molecule has 1 aromatic carbocycles. The Labute approximate surface area is 127 Å². The van der Waals surface area contributed by atoms with Crippen molar-refractivity contribution >= 4 is 10.0 Å². The van der Waals surface area contributed by atoms with Crippen LogP contribution in [0.3, 0.4) is 0 Å². The van der Waals surface area contributed by atoms with Gasteiger partial charge in [0.05, 0.1) is 12.0 Å².